The molecule has 0 aliphatic heterocycles. The molecule has 1 aromatic carbocycles. The Morgan fingerprint density at radius 2 is 1.48 bits per heavy atom. The van der Waals surface area contributed by atoms with Crippen LogP contribution in [0.15, 0.2) is 30.3 Å². The van der Waals surface area contributed by atoms with E-state index in [4.69, 9.17) is 5.73 Å². The van der Waals surface area contributed by atoms with Crippen molar-refractivity contribution in [3.63, 3.8) is 0 Å². The molecule has 0 spiro atoms. The number of amides is 5. The molecule has 1 aromatic rings. The first kappa shape index (κ1) is 24.0. The van der Waals surface area contributed by atoms with Gasteiger partial charge in [-0.05, 0) is 11.3 Å². The highest BCUT2D eigenvalue weighted by Gasteiger charge is 2.21. The predicted molar refractivity (Wildman–Crippen MR) is 109 cm³/mol. The van der Waals surface area contributed by atoms with E-state index in [9.17, 15) is 24.0 Å². The Morgan fingerprint density at radius 1 is 0.862 bits per heavy atom. The molecule has 10 nitrogen and oxygen atoms in total. The molecule has 11 heteroatoms. The molecule has 0 aliphatic carbocycles. The second kappa shape index (κ2) is 13.2. The molecule has 158 valence electrons. The van der Waals surface area contributed by atoms with Crippen LogP contribution in [0.25, 0.3) is 0 Å². The second-order valence-electron chi connectivity index (χ2n) is 6.02. The summed E-state index contributed by atoms with van der Waals surface area (Å²) >= 11 is 3.91. The van der Waals surface area contributed by atoms with Gasteiger partial charge in [-0.2, -0.15) is 12.6 Å². The minimum absolute atomic E-state index is 0.179. The molecule has 0 aromatic heterocycles. The van der Waals surface area contributed by atoms with E-state index in [1.165, 1.54) is 0 Å². The van der Waals surface area contributed by atoms with Crippen molar-refractivity contribution in [3.8, 4) is 0 Å². The van der Waals surface area contributed by atoms with Gasteiger partial charge in [0.2, 0.25) is 29.5 Å². The van der Waals surface area contributed by atoms with E-state index in [-0.39, 0.29) is 38.4 Å². The molecular formula is C18H25N5O5S. The number of carbonyl (C=O) groups is 5. The molecule has 0 bridgehead atoms. The predicted octanol–water partition coefficient (Wildman–Crippen LogP) is -2.13. The summed E-state index contributed by atoms with van der Waals surface area (Å²) in [4.78, 5) is 58.3. The van der Waals surface area contributed by atoms with E-state index in [0.717, 1.165) is 5.56 Å². The van der Waals surface area contributed by atoms with E-state index in [1.54, 1.807) is 24.3 Å². The van der Waals surface area contributed by atoms with Crippen molar-refractivity contribution in [2.24, 2.45) is 5.73 Å². The maximum absolute atomic E-state index is 12.3. The van der Waals surface area contributed by atoms with Gasteiger partial charge >= 0.3 is 0 Å². The summed E-state index contributed by atoms with van der Waals surface area (Å²) in [5, 5.41) is 9.60. The third-order valence-corrected chi connectivity index (χ3v) is 3.83. The Bertz CT molecular complexity index is 729. The summed E-state index contributed by atoms with van der Waals surface area (Å²) in [6.07, 6.45) is 0.364. The standard InChI is InChI=1S/C18H25N5O5S/c19-14(24)9-22-18(28)13(8-12-4-2-1-3-5-12)23-17(27)11-21-16(26)10-20-15(25)6-7-29/h1-5,13,29H,6-11H2,(H2,19,24)(H,20,25)(H,21,26)(H,22,28)(H,23,27)/t13-/m0/s1. The van der Waals surface area contributed by atoms with Gasteiger partial charge in [-0.25, -0.2) is 0 Å². The number of nitrogens with one attached hydrogen (secondary N) is 4. The number of rotatable bonds is 12. The van der Waals surface area contributed by atoms with Crippen molar-refractivity contribution < 1.29 is 24.0 Å². The zero-order valence-corrected chi connectivity index (χ0v) is 16.7. The summed E-state index contributed by atoms with van der Waals surface area (Å²) in [5.41, 5.74) is 5.82. The van der Waals surface area contributed by atoms with Gasteiger partial charge in [0.05, 0.1) is 19.6 Å². The highest BCUT2D eigenvalue weighted by Crippen LogP contribution is 2.03. The van der Waals surface area contributed by atoms with Gasteiger partial charge in [-0.3, -0.25) is 24.0 Å². The van der Waals surface area contributed by atoms with Crippen molar-refractivity contribution >= 4 is 42.2 Å². The average Bonchev–Trinajstić information content (AvgIpc) is 2.69. The Kier molecular flexibility index (Phi) is 10.9. The van der Waals surface area contributed by atoms with Crippen molar-refractivity contribution in [2.45, 2.75) is 18.9 Å². The number of thiol groups is 1. The topological polar surface area (TPSA) is 159 Å². The molecule has 29 heavy (non-hydrogen) atoms. The van der Waals surface area contributed by atoms with Crippen LogP contribution in [0.1, 0.15) is 12.0 Å². The van der Waals surface area contributed by atoms with E-state index in [2.05, 4.69) is 33.9 Å². The van der Waals surface area contributed by atoms with Gasteiger partial charge in [-0.15, -0.1) is 0 Å². The van der Waals surface area contributed by atoms with Crippen LogP contribution < -0.4 is 27.0 Å². The molecule has 0 radical (unpaired) electrons. The normalized spacial score (nSPS) is 11.1. The summed E-state index contributed by atoms with van der Waals surface area (Å²) in [6, 6.07) is 8.01. The Hall–Kier alpha value is -3.08. The first-order valence-electron chi connectivity index (χ1n) is 8.85. The molecule has 0 saturated heterocycles. The number of hydrogen-bond acceptors (Lipinski definition) is 6. The Morgan fingerprint density at radius 3 is 2.10 bits per heavy atom. The third kappa shape index (κ3) is 10.7. The molecule has 0 aliphatic rings. The molecule has 1 rings (SSSR count). The number of benzene rings is 1. The van der Waals surface area contributed by atoms with E-state index in [1.807, 2.05) is 6.07 Å². The quantitative estimate of drug-likeness (QED) is 0.212. The van der Waals surface area contributed by atoms with Crippen LogP contribution in [0.4, 0.5) is 0 Å². The lowest BCUT2D eigenvalue weighted by molar-refractivity contribution is -0.130. The number of nitrogens with two attached hydrogens (primary N) is 1. The molecule has 5 amide bonds. The van der Waals surface area contributed by atoms with Crippen LogP contribution in [0.3, 0.4) is 0 Å². The largest absolute Gasteiger partial charge is 0.368 e. The van der Waals surface area contributed by atoms with E-state index < -0.39 is 29.7 Å². The molecular weight excluding hydrogens is 398 g/mol. The lowest BCUT2D eigenvalue weighted by Gasteiger charge is -2.18. The maximum Gasteiger partial charge on any atom is 0.243 e. The zero-order valence-electron chi connectivity index (χ0n) is 15.8. The minimum atomic E-state index is -0.962. The van der Waals surface area contributed by atoms with Gasteiger partial charge in [0.1, 0.15) is 6.04 Å². The summed E-state index contributed by atoms with van der Waals surface area (Å²) in [5.74, 6) is -2.41. The van der Waals surface area contributed by atoms with Crippen LogP contribution in [0, 0.1) is 0 Å². The van der Waals surface area contributed by atoms with Crippen LogP contribution in [-0.4, -0.2) is 61.0 Å². The van der Waals surface area contributed by atoms with Crippen molar-refractivity contribution in [2.75, 3.05) is 25.4 Å². The fourth-order valence-electron chi connectivity index (χ4n) is 2.21. The SMILES string of the molecule is NC(=O)CNC(=O)[C@H](Cc1ccccc1)NC(=O)CNC(=O)CNC(=O)CCS. The van der Waals surface area contributed by atoms with Gasteiger partial charge in [-0.1, -0.05) is 30.3 Å². The zero-order chi connectivity index (χ0) is 21.6. The first-order chi connectivity index (χ1) is 13.8. The van der Waals surface area contributed by atoms with Crippen LogP contribution >= 0.6 is 12.6 Å². The number of hydrogen-bond donors (Lipinski definition) is 6. The molecule has 0 fully saturated rings. The third-order valence-electron chi connectivity index (χ3n) is 3.60. The van der Waals surface area contributed by atoms with Gasteiger partial charge in [0, 0.05) is 12.8 Å². The lowest BCUT2D eigenvalue weighted by Crippen LogP contribution is -2.52. The lowest BCUT2D eigenvalue weighted by atomic mass is 10.1. The van der Waals surface area contributed by atoms with Crippen LogP contribution in [0.5, 0.6) is 0 Å². The second-order valence-corrected chi connectivity index (χ2v) is 6.47. The van der Waals surface area contributed by atoms with Crippen molar-refractivity contribution in [3.05, 3.63) is 35.9 Å². The summed E-state index contributed by atoms with van der Waals surface area (Å²) in [7, 11) is 0. The highest BCUT2D eigenvalue weighted by molar-refractivity contribution is 7.80. The molecule has 6 N–H and O–H groups in total. The Labute approximate surface area is 173 Å². The van der Waals surface area contributed by atoms with Gasteiger partial charge in [0.15, 0.2) is 0 Å². The average molecular weight is 423 g/mol. The molecule has 1 atom stereocenters. The molecule has 0 saturated carbocycles. The number of primary amides is 1. The Balaban J connectivity index is 2.56. The smallest absolute Gasteiger partial charge is 0.243 e. The fourth-order valence-corrected chi connectivity index (χ4v) is 2.42. The van der Waals surface area contributed by atoms with Gasteiger partial charge in [0.25, 0.3) is 0 Å². The van der Waals surface area contributed by atoms with E-state index in [0.29, 0.717) is 5.75 Å². The van der Waals surface area contributed by atoms with Crippen molar-refractivity contribution in [1.82, 2.24) is 21.3 Å². The molecule has 0 heterocycles. The summed E-state index contributed by atoms with van der Waals surface area (Å²) < 4.78 is 0. The highest BCUT2D eigenvalue weighted by atomic mass is 32.1. The maximum atomic E-state index is 12.3. The summed E-state index contributed by atoms with van der Waals surface area (Å²) in [6.45, 7) is -1.01. The van der Waals surface area contributed by atoms with E-state index >= 15 is 0 Å². The number of carbonyl (C=O) groups excluding carboxylic acids is 5. The minimum Gasteiger partial charge on any atom is -0.368 e. The first-order valence-corrected chi connectivity index (χ1v) is 9.48. The van der Waals surface area contributed by atoms with Crippen molar-refractivity contribution in [1.29, 1.82) is 0 Å². The monoisotopic (exact) mass is 423 g/mol. The molecule has 0 unspecified atom stereocenters. The fraction of sp³-hybridized carbons (Fsp3) is 0.389. The van der Waals surface area contributed by atoms with Gasteiger partial charge < -0.3 is 27.0 Å². The van der Waals surface area contributed by atoms with Crippen LogP contribution in [0.2, 0.25) is 0 Å². The van der Waals surface area contributed by atoms with Crippen LogP contribution in [-0.2, 0) is 30.4 Å².